The van der Waals surface area contributed by atoms with Gasteiger partial charge >= 0.3 is 18.5 Å². The fourth-order valence-electron chi connectivity index (χ4n) is 2.49. The zero-order chi connectivity index (χ0) is 22.2. The predicted molar refractivity (Wildman–Crippen MR) is 93.2 cm³/mol. The van der Waals surface area contributed by atoms with E-state index in [1.807, 2.05) is 0 Å². The second kappa shape index (κ2) is 8.04. The van der Waals surface area contributed by atoms with Crippen molar-refractivity contribution >= 4 is 22.0 Å². The third kappa shape index (κ3) is 6.01. The molecule has 158 valence electrons. The molecule has 1 atom stereocenters. The molecule has 0 amide bonds. The average molecular weight is 491 g/mol. The zero-order valence-corrected chi connectivity index (χ0v) is 16.1. The first-order chi connectivity index (χ1) is 13.1. The van der Waals surface area contributed by atoms with E-state index in [0.717, 1.165) is 11.6 Å². The average Bonchev–Trinajstić information content (AvgIpc) is 2.55. The van der Waals surface area contributed by atoms with E-state index in [9.17, 15) is 39.5 Å². The van der Waals surface area contributed by atoms with Gasteiger partial charge in [0.15, 0.2) is 0 Å². The van der Waals surface area contributed by atoms with Crippen LogP contribution in [0.3, 0.4) is 0 Å². The Morgan fingerprint density at radius 3 is 1.72 bits per heavy atom. The Morgan fingerprint density at radius 2 is 1.31 bits per heavy atom. The lowest BCUT2D eigenvalue weighted by Crippen LogP contribution is -2.21. The molecule has 0 heterocycles. The maximum absolute atomic E-state index is 13.5. The van der Waals surface area contributed by atoms with E-state index in [0.29, 0.717) is 16.1 Å². The smallest absolute Gasteiger partial charge is 0.170 e. The summed E-state index contributed by atoms with van der Waals surface area (Å²) in [6.45, 7) is 1.73. The molecule has 1 unspecified atom stereocenters. The first-order valence-electron chi connectivity index (χ1n) is 7.89. The Bertz CT molecular complexity index is 873. The third-order valence-corrected chi connectivity index (χ3v) is 4.85. The van der Waals surface area contributed by atoms with Gasteiger partial charge in [-0.15, -0.1) is 0 Å². The van der Waals surface area contributed by atoms with Crippen molar-refractivity contribution in [3.8, 4) is 0 Å². The first-order valence-corrected chi connectivity index (χ1v) is 8.69. The summed E-state index contributed by atoms with van der Waals surface area (Å²) in [5, 5.41) is 0. The van der Waals surface area contributed by atoms with Crippen molar-refractivity contribution in [2.75, 3.05) is 0 Å². The standard InChI is InChI=1S/C19H12BrF9/c1-10-2-3-11(6-16(10)20)4-5-15(19(27,28)29)12-7-13(17(21,22)23)9-14(8-12)18(24,25)26/h2-9,15H,1H3/b5-4+. The highest BCUT2D eigenvalue weighted by atomic mass is 79.9. The van der Waals surface area contributed by atoms with E-state index in [1.54, 1.807) is 13.0 Å². The van der Waals surface area contributed by atoms with Crippen LogP contribution in [0.5, 0.6) is 0 Å². The van der Waals surface area contributed by atoms with Crippen LogP contribution in [-0.4, -0.2) is 6.18 Å². The second-order valence-electron chi connectivity index (χ2n) is 6.23. The van der Waals surface area contributed by atoms with Gasteiger partial charge in [0.05, 0.1) is 17.0 Å². The highest BCUT2D eigenvalue weighted by Crippen LogP contribution is 2.42. The quantitative estimate of drug-likeness (QED) is 0.380. The molecule has 0 radical (unpaired) electrons. The van der Waals surface area contributed by atoms with Crippen molar-refractivity contribution in [2.45, 2.75) is 31.4 Å². The van der Waals surface area contributed by atoms with Crippen molar-refractivity contribution in [1.82, 2.24) is 0 Å². The summed E-state index contributed by atoms with van der Waals surface area (Å²) in [7, 11) is 0. The van der Waals surface area contributed by atoms with Gasteiger partial charge in [-0.2, -0.15) is 39.5 Å². The molecule has 0 bridgehead atoms. The summed E-state index contributed by atoms with van der Waals surface area (Å²) < 4.78 is 119. The van der Waals surface area contributed by atoms with E-state index >= 15 is 0 Å². The van der Waals surface area contributed by atoms with Crippen LogP contribution >= 0.6 is 15.9 Å². The fraction of sp³-hybridized carbons (Fsp3) is 0.263. The normalized spacial score (nSPS) is 14.4. The van der Waals surface area contributed by atoms with Gasteiger partial charge in [0.2, 0.25) is 0 Å². The number of rotatable bonds is 3. The van der Waals surface area contributed by atoms with Gasteiger partial charge < -0.3 is 0 Å². The van der Waals surface area contributed by atoms with Crippen LogP contribution in [0.2, 0.25) is 0 Å². The Kier molecular flexibility index (Phi) is 6.46. The third-order valence-electron chi connectivity index (χ3n) is 4.00. The van der Waals surface area contributed by atoms with Crippen molar-refractivity contribution in [3.05, 3.63) is 74.8 Å². The highest BCUT2D eigenvalue weighted by Gasteiger charge is 2.43. The molecule has 0 saturated heterocycles. The van der Waals surface area contributed by atoms with Gasteiger partial charge in [-0.1, -0.05) is 40.2 Å². The van der Waals surface area contributed by atoms with Gasteiger partial charge in [-0.3, -0.25) is 0 Å². The molecule has 0 aliphatic rings. The molecule has 0 saturated carbocycles. The van der Waals surface area contributed by atoms with Crippen molar-refractivity contribution in [1.29, 1.82) is 0 Å². The Balaban J connectivity index is 2.60. The second-order valence-corrected chi connectivity index (χ2v) is 7.08. The molecule has 0 fully saturated rings. The Morgan fingerprint density at radius 1 is 0.793 bits per heavy atom. The largest absolute Gasteiger partial charge is 0.416 e. The monoisotopic (exact) mass is 490 g/mol. The maximum atomic E-state index is 13.5. The molecule has 2 rings (SSSR count). The van der Waals surface area contributed by atoms with Gasteiger partial charge in [0.1, 0.15) is 0 Å². The van der Waals surface area contributed by atoms with Gasteiger partial charge in [0.25, 0.3) is 0 Å². The van der Waals surface area contributed by atoms with E-state index < -0.39 is 41.1 Å². The van der Waals surface area contributed by atoms with Crippen LogP contribution in [-0.2, 0) is 12.4 Å². The molecular formula is C19H12BrF9. The zero-order valence-electron chi connectivity index (χ0n) is 14.5. The minimum Gasteiger partial charge on any atom is -0.170 e. The van der Waals surface area contributed by atoms with E-state index in [2.05, 4.69) is 15.9 Å². The Labute approximate surface area is 168 Å². The van der Waals surface area contributed by atoms with Gasteiger partial charge in [-0.05, 0) is 47.9 Å². The van der Waals surface area contributed by atoms with Gasteiger partial charge in [-0.25, -0.2) is 0 Å². The molecule has 2 aromatic carbocycles. The lowest BCUT2D eigenvalue weighted by Gasteiger charge is -2.21. The summed E-state index contributed by atoms with van der Waals surface area (Å²) in [6, 6.07) is 4.51. The fourth-order valence-corrected chi connectivity index (χ4v) is 2.88. The summed E-state index contributed by atoms with van der Waals surface area (Å²) in [5.41, 5.74) is -3.67. The van der Waals surface area contributed by atoms with Crippen LogP contribution in [0.25, 0.3) is 6.08 Å². The number of halogens is 10. The van der Waals surface area contributed by atoms with E-state index in [-0.39, 0.29) is 18.2 Å². The topological polar surface area (TPSA) is 0 Å². The van der Waals surface area contributed by atoms with Crippen molar-refractivity contribution < 1.29 is 39.5 Å². The Hall–Kier alpha value is -1.97. The summed E-state index contributed by atoms with van der Waals surface area (Å²) in [5.74, 6) is -2.66. The number of alkyl halides is 9. The first kappa shape index (κ1) is 23.3. The lowest BCUT2D eigenvalue weighted by molar-refractivity contribution is -0.146. The number of benzene rings is 2. The molecule has 0 nitrogen and oxygen atoms in total. The summed E-state index contributed by atoms with van der Waals surface area (Å²) in [6.07, 6.45) is -14.1. The number of hydrogen-bond acceptors (Lipinski definition) is 0. The highest BCUT2D eigenvalue weighted by molar-refractivity contribution is 9.10. The maximum Gasteiger partial charge on any atom is 0.416 e. The minimum atomic E-state index is -5.24. The van der Waals surface area contributed by atoms with Crippen LogP contribution in [0.15, 0.2) is 46.9 Å². The molecule has 0 aliphatic heterocycles. The molecule has 0 aliphatic carbocycles. The van der Waals surface area contributed by atoms with Crippen LogP contribution in [0, 0.1) is 6.92 Å². The molecule has 10 heteroatoms. The SMILES string of the molecule is Cc1ccc(/C=C/C(c2cc(C(F)(F)F)cc(C(F)(F)F)c2)C(F)(F)F)cc1Br. The van der Waals surface area contributed by atoms with Crippen molar-refractivity contribution in [3.63, 3.8) is 0 Å². The van der Waals surface area contributed by atoms with E-state index in [4.69, 9.17) is 0 Å². The number of allylic oxidation sites excluding steroid dienone is 1. The minimum absolute atomic E-state index is 0.0861. The summed E-state index contributed by atoms with van der Waals surface area (Å²) >= 11 is 3.19. The molecule has 29 heavy (non-hydrogen) atoms. The molecule has 2 aromatic rings. The molecule has 0 aromatic heterocycles. The van der Waals surface area contributed by atoms with Crippen LogP contribution in [0.1, 0.15) is 33.7 Å². The number of aryl methyl sites for hydroxylation is 1. The van der Waals surface area contributed by atoms with Crippen LogP contribution < -0.4 is 0 Å². The van der Waals surface area contributed by atoms with Crippen LogP contribution in [0.4, 0.5) is 39.5 Å². The van der Waals surface area contributed by atoms with E-state index in [1.165, 1.54) is 12.1 Å². The number of hydrogen-bond donors (Lipinski definition) is 0. The molecular weight excluding hydrogens is 479 g/mol. The lowest BCUT2D eigenvalue weighted by atomic mass is 9.93. The predicted octanol–water partition coefficient (Wildman–Crippen LogP) is 8.15. The van der Waals surface area contributed by atoms with Crippen molar-refractivity contribution in [2.24, 2.45) is 0 Å². The van der Waals surface area contributed by atoms with Gasteiger partial charge in [0, 0.05) is 4.47 Å². The molecule has 0 N–H and O–H groups in total. The summed E-state index contributed by atoms with van der Waals surface area (Å²) in [4.78, 5) is 0. The molecule has 0 spiro atoms.